The van der Waals surface area contributed by atoms with Crippen molar-refractivity contribution < 1.29 is 32.2 Å². The Hall–Kier alpha value is -3.33. The summed E-state index contributed by atoms with van der Waals surface area (Å²) >= 11 is 0. The zero-order valence-corrected chi connectivity index (χ0v) is 17.1. The van der Waals surface area contributed by atoms with Gasteiger partial charge in [0.15, 0.2) is 5.75 Å². The number of alkyl halides is 3. The van der Waals surface area contributed by atoms with Crippen molar-refractivity contribution in [1.82, 2.24) is 10.3 Å². The zero-order chi connectivity index (χ0) is 22.6. The molecule has 1 unspecified atom stereocenters. The fourth-order valence-electron chi connectivity index (χ4n) is 2.95. The highest BCUT2D eigenvalue weighted by atomic mass is 19.4. The van der Waals surface area contributed by atoms with E-state index in [1.165, 1.54) is 25.4 Å². The van der Waals surface area contributed by atoms with E-state index in [9.17, 15) is 18.0 Å². The predicted molar refractivity (Wildman–Crippen MR) is 109 cm³/mol. The van der Waals surface area contributed by atoms with Crippen LogP contribution < -0.4 is 14.8 Å². The van der Waals surface area contributed by atoms with Crippen LogP contribution in [0.1, 0.15) is 22.8 Å². The summed E-state index contributed by atoms with van der Waals surface area (Å²) < 4.78 is 54.4. The molecular weight excluding hydrogens is 413 g/mol. The Morgan fingerprint density at radius 1 is 1.10 bits per heavy atom. The van der Waals surface area contributed by atoms with E-state index in [-0.39, 0.29) is 23.4 Å². The minimum Gasteiger partial charge on any atom is -0.497 e. The lowest BCUT2D eigenvalue weighted by molar-refractivity contribution is -0.137. The molecule has 164 valence electrons. The average molecular weight is 434 g/mol. The molecule has 0 aliphatic rings. The van der Waals surface area contributed by atoms with E-state index in [1.54, 1.807) is 25.3 Å². The van der Waals surface area contributed by atoms with Crippen LogP contribution in [0.15, 0.2) is 48.7 Å². The monoisotopic (exact) mass is 434 g/mol. The van der Waals surface area contributed by atoms with Crippen LogP contribution in [0.4, 0.5) is 13.2 Å². The number of carbonyl (C=O) groups excluding carboxylic acids is 1. The van der Waals surface area contributed by atoms with Gasteiger partial charge in [0.2, 0.25) is 0 Å². The minimum atomic E-state index is -4.43. The molecule has 3 aromatic rings. The first-order valence-electron chi connectivity index (χ1n) is 9.34. The second-order valence-electron chi connectivity index (χ2n) is 6.88. The second kappa shape index (κ2) is 9.22. The van der Waals surface area contributed by atoms with Crippen LogP contribution in [-0.4, -0.2) is 37.8 Å². The number of rotatable bonds is 7. The van der Waals surface area contributed by atoms with Crippen LogP contribution in [-0.2, 0) is 10.9 Å². The second-order valence-corrected chi connectivity index (χ2v) is 6.88. The Labute approximate surface area is 176 Å². The molecule has 1 atom stereocenters. The van der Waals surface area contributed by atoms with Crippen molar-refractivity contribution >= 4 is 16.8 Å². The summed E-state index contributed by atoms with van der Waals surface area (Å²) in [5, 5.41) is 3.38. The van der Waals surface area contributed by atoms with Crippen molar-refractivity contribution in [3.05, 3.63) is 59.8 Å². The van der Waals surface area contributed by atoms with Gasteiger partial charge in [-0.05, 0) is 43.3 Å². The van der Waals surface area contributed by atoms with Crippen LogP contribution >= 0.6 is 0 Å². The normalized spacial score (nSPS) is 12.5. The van der Waals surface area contributed by atoms with E-state index in [2.05, 4.69) is 10.3 Å². The van der Waals surface area contributed by atoms with Gasteiger partial charge < -0.3 is 19.5 Å². The Kier molecular flexibility index (Phi) is 6.65. The maximum atomic E-state index is 12.8. The molecule has 6 nitrogen and oxygen atoms in total. The lowest BCUT2D eigenvalue weighted by Crippen LogP contribution is -2.35. The Morgan fingerprint density at radius 3 is 2.42 bits per heavy atom. The molecule has 0 aliphatic heterocycles. The molecule has 9 heteroatoms. The number of benzene rings is 2. The maximum absolute atomic E-state index is 12.8. The maximum Gasteiger partial charge on any atom is 0.416 e. The molecule has 0 fully saturated rings. The van der Waals surface area contributed by atoms with Gasteiger partial charge in [0, 0.05) is 30.8 Å². The van der Waals surface area contributed by atoms with Gasteiger partial charge in [-0.25, -0.2) is 0 Å². The van der Waals surface area contributed by atoms with E-state index in [4.69, 9.17) is 14.2 Å². The van der Waals surface area contributed by atoms with Gasteiger partial charge in [-0.1, -0.05) is 0 Å². The predicted octanol–water partition coefficient (Wildman–Crippen LogP) is 4.82. The summed E-state index contributed by atoms with van der Waals surface area (Å²) in [7, 11) is 3.02. The van der Waals surface area contributed by atoms with E-state index in [0.717, 1.165) is 12.1 Å². The van der Waals surface area contributed by atoms with Crippen LogP contribution in [0.3, 0.4) is 0 Å². The van der Waals surface area contributed by atoms with Gasteiger partial charge in [0.1, 0.15) is 17.0 Å². The minimum absolute atomic E-state index is 0.183. The van der Waals surface area contributed by atoms with E-state index >= 15 is 0 Å². The number of amides is 1. The van der Waals surface area contributed by atoms with Gasteiger partial charge in [0.05, 0.1) is 24.8 Å². The molecule has 0 bridgehead atoms. The highest BCUT2D eigenvalue weighted by molar-refractivity contribution is 5.98. The molecule has 0 spiro atoms. The summed E-state index contributed by atoms with van der Waals surface area (Å²) in [5.74, 6) is 0.627. The number of hydrogen-bond acceptors (Lipinski definition) is 5. The van der Waals surface area contributed by atoms with Gasteiger partial charge in [-0.3, -0.25) is 9.78 Å². The summed E-state index contributed by atoms with van der Waals surface area (Å²) in [6.07, 6.45) is -3.02. The molecule has 0 saturated carbocycles. The van der Waals surface area contributed by atoms with Gasteiger partial charge in [-0.15, -0.1) is 0 Å². The van der Waals surface area contributed by atoms with Crippen molar-refractivity contribution in [3.63, 3.8) is 0 Å². The lowest BCUT2D eigenvalue weighted by atomic mass is 10.1. The lowest BCUT2D eigenvalue weighted by Gasteiger charge is -2.14. The topological polar surface area (TPSA) is 69.7 Å². The number of pyridine rings is 1. The third kappa shape index (κ3) is 5.43. The van der Waals surface area contributed by atoms with Crippen molar-refractivity contribution in [2.75, 3.05) is 20.8 Å². The Balaban J connectivity index is 1.92. The smallest absolute Gasteiger partial charge is 0.416 e. The zero-order valence-electron chi connectivity index (χ0n) is 17.1. The van der Waals surface area contributed by atoms with Crippen LogP contribution in [0.25, 0.3) is 10.9 Å². The number of nitrogens with one attached hydrogen (secondary N) is 1. The van der Waals surface area contributed by atoms with Crippen LogP contribution in [0.5, 0.6) is 17.2 Å². The van der Waals surface area contributed by atoms with Crippen LogP contribution in [0, 0.1) is 0 Å². The number of hydrogen-bond donors (Lipinski definition) is 1. The summed E-state index contributed by atoms with van der Waals surface area (Å²) in [6.45, 7) is 2.18. The number of aromatic nitrogens is 1. The molecule has 1 amide bonds. The highest BCUT2D eigenvalue weighted by Gasteiger charge is 2.30. The van der Waals surface area contributed by atoms with E-state index in [1.807, 2.05) is 6.92 Å². The molecule has 0 saturated heterocycles. The summed E-state index contributed by atoms with van der Waals surface area (Å²) in [6, 6.07) is 9.06. The molecular formula is C22H21F3N2O4. The summed E-state index contributed by atoms with van der Waals surface area (Å²) in [5.41, 5.74) is -0.00166. The molecule has 1 heterocycles. The quantitative estimate of drug-likeness (QED) is 0.578. The molecule has 31 heavy (non-hydrogen) atoms. The third-order valence-electron chi connectivity index (χ3n) is 4.42. The molecule has 1 aromatic heterocycles. The molecule has 2 aromatic carbocycles. The number of nitrogens with zero attached hydrogens (tertiary/aromatic N) is 1. The first-order valence-corrected chi connectivity index (χ1v) is 9.34. The average Bonchev–Trinajstić information content (AvgIpc) is 2.73. The van der Waals surface area contributed by atoms with Crippen molar-refractivity contribution in [2.45, 2.75) is 19.1 Å². The third-order valence-corrected chi connectivity index (χ3v) is 4.42. The Bertz CT molecular complexity index is 1070. The number of ether oxygens (including phenoxy) is 3. The van der Waals surface area contributed by atoms with Crippen molar-refractivity contribution in [3.8, 4) is 17.2 Å². The molecule has 3 rings (SSSR count). The fourth-order valence-corrected chi connectivity index (χ4v) is 2.95. The fraction of sp³-hybridized carbons (Fsp3) is 0.273. The van der Waals surface area contributed by atoms with Crippen molar-refractivity contribution in [1.29, 1.82) is 0 Å². The Morgan fingerprint density at radius 2 is 1.81 bits per heavy atom. The van der Waals surface area contributed by atoms with Gasteiger partial charge in [0.25, 0.3) is 5.91 Å². The first kappa shape index (κ1) is 22.4. The van der Waals surface area contributed by atoms with E-state index in [0.29, 0.717) is 28.8 Å². The first-order chi connectivity index (χ1) is 14.7. The number of halogens is 3. The molecule has 0 radical (unpaired) electrons. The molecule has 1 N–H and O–H groups in total. The van der Waals surface area contributed by atoms with Gasteiger partial charge >= 0.3 is 6.18 Å². The largest absolute Gasteiger partial charge is 0.497 e. The number of fused-ring (bicyclic) bond motifs is 1. The number of carbonyl (C=O) groups is 1. The SMILES string of the molecule is COCC(C)NC(=O)c1cnc2c(Oc3ccc(C(F)(F)F)cc3)cc(OC)cc2c1. The standard InChI is InChI=1S/C22H21F3N2O4/c1-13(12-29-2)27-21(28)15-8-14-9-18(30-3)10-19(20(14)26-11-15)31-17-6-4-16(5-7-17)22(23,24)25/h4-11,13H,12H2,1-3H3,(H,27,28). The van der Waals surface area contributed by atoms with Crippen molar-refractivity contribution in [2.24, 2.45) is 0 Å². The highest BCUT2D eigenvalue weighted by Crippen LogP contribution is 2.35. The number of methoxy groups -OCH3 is 2. The summed E-state index contributed by atoms with van der Waals surface area (Å²) in [4.78, 5) is 16.8. The van der Waals surface area contributed by atoms with Crippen LogP contribution in [0.2, 0.25) is 0 Å². The van der Waals surface area contributed by atoms with E-state index < -0.39 is 11.7 Å². The molecule has 0 aliphatic carbocycles. The van der Waals surface area contributed by atoms with Gasteiger partial charge in [-0.2, -0.15) is 13.2 Å².